The molecule has 2 N–H and O–H groups in total. The van der Waals surface area contributed by atoms with E-state index in [1.165, 1.54) is 6.07 Å². The summed E-state index contributed by atoms with van der Waals surface area (Å²) in [6.07, 6.45) is 0.285. The van der Waals surface area contributed by atoms with Crippen LogP contribution in [0.4, 0.5) is 10.1 Å². The van der Waals surface area contributed by atoms with E-state index in [1.807, 2.05) is 19.0 Å². The van der Waals surface area contributed by atoms with E-state index in [9.17, 15) is 14.0 Å². The van der Waals surface area contributed by atoms with Gasteiger partial charge in [0.15, 0.2) is 0 Å². The van der Waals surface area contributed by atoms with Crippen molar-refractivity contribution in [3.63, 3.8) is 0 Å². The first kappa shape index (κ1) is 14.1. The van der Waals surface area contributed by atoms with Gasteiger partial charge in [0.25, 0.3) is 0 Å². The summed E-state index contributed by atoms with van der Waals surface area (Å²) in [6.45, 7) is 0.582. The summed E-state index contributed by atoms with van der Waals surface area (Å²) in [5.74, 6) is -2.43. The fourth-order valence-electron chi connectivity index (χ4n) is 1.32. The first-order valence-electron chi connectivity index (χ1n) is 5.37. The third-order valence-corrected chi connectivity index (χ3v) is 2.27. The van der Waals surface area contributed by atoms with E-state index in [1.54, 1.807) is 0 Å². The van der Waals surface area contributed by atoms with Crippen molar-refractivity contribution in [3.8, 4) is 0 Å². The molecular weight excluding hydrogens is 239 g/mol. The molecule has 18 heavy (non-hydrogen) atoms. The molecule has 0 radical (unpaired) electrons. The van der Waals surface area contributed by atoms with Crippen LogP contribution in [0.1, 0.15) is 16.8 Å². The molecule has 0 saturated carbocycles. The molecule has 1 aromatic carbocycles. The number of halogens is 1. The molecule has 0 aliphatic heterocycles. The van der Waals surface area contributed by atoms with E-state index >= 15 is 0 Å². The zero-order valence-electron chi connectivity index (χ0n) is 10.2. The summed E-state index contributed by atoms with van der Waals surface area (Å²) in [5, 5.41) is 11.3. The molecule has 6 heteroatoms. The fraction of sp³-hybridized carbons (Fsp3) is 0.333. The van der Waals surface area contributed by atoms with Gasteiger partial charge in [-0.25, -0.2) is 9.18 Å². The number of nitrogens with zero attached hydrogens (tertiary/aromatic N) is 1. The molecule has 0 fully saturated rings. The van der Waals surface area contributed by atoms with E-state index in [4.69, 9.17) is 5.11 Å². The number of nitrogens with one attached hydrogen (secondary N) is 1. The Morgan fingerprint density at radius 3 is 2.61 bits per heavy atom. The average Bonchev–Trinajstić information content (AvgIpc) is 2.28. The molecule has 0 aromatic heterocycles. The van der Waals surface area contributed by atoms with Gasteiger partial charge in [0.05, 0.1) is 5.56 Å². The summed E-state index contributed by atoms with van der Waals surface area (Å²) in [7, 11) is 3.68. The summed E-state index contributed by atoms with van der Waals surface area (Å²) < 4.78 is 13.1. The maximum Gasteiger partial charge on any atom is 0.338 e. The second-order valence-corrected chi connectivity index (χ2v) is 4.10. The lowest BCUT2D eigenvalue weighted by Gasteiger charge is -2.10. The molecule has 0 unspecified atom stereocenters. The Balaban J connectivity index is 2.70. The van der Waals surface area contributed by atoms with Crippen molar-refractivity contribution < 1.29 is 19.1 Å². The van der Waals surface area contributed by atoms with Crippen LogP contribution in [0.2, 0.25) is 0 Å². The maximum absolute atomic E-state index is 13.1. The number of benzene rings is 1. The van der Waals surface area contributed by atoms with Gasteiger partial charge < -0.3 is 15.3 Å². The number of rotatable bonds is 5. The molecule has 0 aliphatic rings. The summed E-state index contributed by atoms with van der Waals surface area (Å²) in [5.41, 5.74) is -0.182. The lowest BCUT2D eigenvalue weighted by atomic mass is 10.2. The van der Waals surface area contributed by atoms with Crippen LogP contribution in [-0.4, -0.2) is 42.5 Å². The zero-order chi connectivity index (χ0) is 13.7. The van der Waals surface area contributed by atoms with Crippen LogP contribution in [-0.2, 0) is 4.79 Å². The van der Waals surface area contributed by atoms with Crippen LogP contribution in [0, 0.1) is 5.82 Å². The molecule has 0 atom stereocenters. The Morgan fingerprint density at radius 2 is 2.06 bits per heavy atom. The highest BCUT2D eigenvalue weighted by molar-refractivity contribution is 5.94. The second kappa shape index (κ2) is 6.11. The van der Waals surface area contributed by atoms with Crippen molar-refractivity contribution in [2.75, 3.05) is 26.0 Å². The quantitative estimate of drug-likeness (QED) is 0.833. The van der Waals surface area contributed by atoms with Gasteiger partial charge in [-0.1, -0.05) is 0 Å². The fourth-order valence-corrected chi connectivity index (χ4v) is 1.32. The van der Waals surface area contributed by atoms with E-state index in [0.29, 0.717) is 6.54 Å². The predicted octanol–water partition coefficient (Wildman–Crippen LogP) is 1.41. The Bertz CT molecular complexity index is 461. The number of carbonyl (C=O) groups is 2. The van der Waals surface area contributed by atoms with Gasteiger partial charge in [-0.15, -0.1) is 0 Å². The minimum atomic E-state index is -1.36. The summed E-state index contributed by atoms with van der Waals surface area (Å²) in [6, 6.07) is 3.45. The number of hydrogen-bond donors (Lipinski definition) is 2. The van der Waals surface area contributed by atoms with Crippen LogP contribution in [0.25, 0.3) is 0 Å². The molecule has 0 saturated heterocycles. The minimum absolute atomic E-state index is 0.244. The highest BCUT2D eigenvalue weighted by atomic mass is 19.1. The van der Waals surface area contributed by atoms with Crippen molar-refractivity contribution in [2.24, 2.45) is 0 Å². The molecule has 1 amide bonds. The van der Waals surface area contributed by atoms with Crippen molar-refractivity contribution >= 4 is 17.6 Å². The molecule has 1 aromatic rings. The first-order valence-corrected chi connectivity index (χ1v) is 5.37. The van der Waals surface area contributed by atoms with E-state index in [-0.39, 0.29) is 18.0 Å². The summed E-state index contributed by atoms with van der Waals surface area (Å²) >= 11 is 0. The van der Waals surface area contributed by atoms with Crippen LogP contribution >= 0.6 is 0 Å². The van der Waals surface area contributed by atoms with Gasteiger partial charge >= 0.3 is 5.97 Å². The predicted molar refractivity (Wildman–Crippen MR) is 65.2 cm³/mol. The number of hydrogen-bond acceptors (Lipinski definition) is 3. The van der Waals surface area contributed by atoms with Gasteiger partial charge in [-0.05, 0) is 32.3 Å². The van der Waals surface area contributed by atoms with Crippen molar-refractivity contribution in [1.29, 1.82) is 0 Å². The lowest BCUT2D eigenvalue weighted by molar-refractivity contribution is -0.116. The molecular formula is C12H15FN2O3. The third kappa shape index (κ3) is 4.14. The van der Waals surface area contributed by atoms with Crippen LogP contribution in [0.15, 0.2) is 18.2 Å². The van der Waals surface area contributed by atoms with Gasteiger partial charge in [-0.2, -0.15) is 0 Å². The first-order chi connectivity index (χ1) is 8.40. The van der Waals surface area contributed by atoms with Gasteiger partial charge in [0, 0.05) is 18.7 Å². The molecule has 0 aliphatic carbocycles. The normalized spacial score (nSPS) is 10.4. The molecule has 98 valence electrons. The van der Waals surface area contributed by atoms with Crippen molar-refractivity contribution in [2.45, 2.75) is 6.42 Å². The molecule has 1 rings (SSSR count). The van der Waals surface area contributed by atoms with Gasteiger partial charge in [0.1, 0.15) is 5.82 Å². The van der Waals surface area contributed by atoms with E-state index in [2.05, 4.69) is 5.32 Å². The number of carboxylic acids is 1. The highest BCUT2D eigenvalue weighted by Crippen LogP contribution is 2.15. The monoisotopic (exact) mass is 254 g/mol. The summed E-state index contributed by atoms with van der Waals surface area (Å²) in [4.78, 5) is 24.1. The standard InChI is InChI=1S/C12H15FN2O3/c1-15(2)6-5-11(16)14-8-3-4-10(13)9(7-8)12(17)18/h3-4,7H,5-6H2,1-2H3,(H,14,16)(H,17,18). The Morgan fingerprint density at radius 1 is 1.39 bits per heavy atom. The van der Waals surface area contributed by atoms with Crippen LogP contribution in [0.3, 0.4) is 0 Å². The van der Waals surface area contributed by atoms with E-state index < -0.39 is 17.3 Å². The molecule has 0 bridgehead atoms. The smallest absolute Gasteiger partial charge is 0.338 e. The SMILES string of the molecule is CN(C)CCC(=O)Nc1ccc(F)c(C(=O)O)c1. The topological polar surface area (TPSA) is 69.6 Å². The third-order valence-electron chi connectivity index (χ3n) is 2.27. The molecule has 5 nitrogen and oxygen atoms in total. The molecule has 0 heterocycles. The molecule has 0 spiro atoms. The second-order valence-electron chi connectivity index (χ2n) is 4.10. The minimum Gasteiger partial charge on any atom is -0.478 e. The van der Waals surface area contributed by atoms with Crippen molar-refractivity contribution in [3.05, 3.63) is 29.6 Å². The number of anilines is 1. The number of amides is 1. The van der Waals surface area contributed by atoms with Crippen molar-refractivity contribution in [1.82, 2.24) is 4.90 Å². The average molecular weight is 254 g/mol. The Kier molecular flexibility index (Phi) is 4.79. The Labute approximate surface area is 104 Å². The van der Waals surface area contributed by atoms with E-state index in [0.717, 1.165) is 12.1 Å². The lowest BCUT2D eigenvalue weighted by Crippen LogP contribution is -2.21. The highest BCUT2D eigenvalue weighted by Gasteiger charge is 2.12. The largest absolute Gasteiger partial charge is 0.478 e. The van der Waals surface area contributed by atoms with Crippen LogP contribution < -0.4 is 5.32 Å². The Hall–Kier alpha value is -1.95. The number of carbonyl (C=O) groups excluding carboxylic acids is 1. The van der Waals surface area contributed by atoms with Gasteiger partial charge in [0.2, 0.25) is 5.91 Å². The number of aromatic carboxylic acids is 1. The maximum atomic E-state index is 13.1. The number of carboxylic acid groups (broad SMARTS) is 1. The zero-order valence-corrected chi connectivity index (χ0v) is 10.2. The van der Waals surface area contributed by atoms with Gasteiger partial charge in [-0.3, -0.25) is 4.79 Å². The van der Waals surface area contributed by atoms with Crippen LogP contribution in [0.5, 0.6) is 0 Å².